The van der Waals surface area contributed by atoms with Gasteiger partial charge in [0, 0.05) is 10.8 Å². The third-order valence-electron chi connectivity index (χ3n) is 4.98. The van der Waals surface area contributed by atoms with Crippen LogP contribution in [0.3, 0.4) is 0 Å². The fourth-order valence-corrected chi connectivity index (χ4v) is 3.51. The summed E-state index contributed by atoms with van der Waals surface area (Å²) in [7, 11) is 0. The molecule has 0 radical (unpaired) electrons. The van der Waals surface area contributed by atoms with E-state index < -0.39 is 0 Å². The Balaban J connectivity index is 0.000000932. The highest BCUT2D eigenvalue weighted by Crippen LogP contribution is 2.33. The molecule has 0 aliphatic rings. The molecule has 1 heterocycles. The topological polar surface area (TPSA) is 13.1 Å². The first kappa shape index (κ1) is 18.1. The number of rotatable bonds is 2. The maximum atomic E-state index is 5.93. The highest BCUT2D eigenvalue weighted by atomic mass is 16.3. The van der Waals surface area contributed by atoms with E-state index in [0.717, 1.165) is 11.2 Å². The zero-order valence-corrected chi connectivity index (χ0v) is 16.6. The Morgan fingerprint density at radius 3 is 1.68 bits per heavy atom. The number of aryl methyl sites for hydroxylation is 1. The maximum absolute atomic E-state index is 5.93. The summed E-state index contributed by atoms with van der Waals surface area (Å²) < 4.78 is 5.93. The smallest absolute Gasteiger partial charge is 0.135 e. The number of para-hydroxylation sites is 1. The third-order valence-corrected chi connectivity index (χ3v) is 4.98. The minimum Gasteiger partial charge on any atom is -0.456 e. The SMILES string of the molecule is CC.Cc1ccc(-c2ccc(-c3ccc4oc5ccccc5c4c3)cc2)cc1. The zero-order valence-electron chi connectivity index (χ0n) is 16.6. The van der Waals surface area contributed by atoms with Crippen molar-refractivity contribution in [1.29, 1.82) is 0 Å². The van der Waals surface area contributed by atoms with Gasteiger partial charge in [-0.15, -0.1) is 0 Å². The van der Waals surface area contributed by atoms with E-state index in [1.165, 1.54) is 38.6 Å². The minimum atomic E-state index is 0.936. The molecule has 0 saturated heterocycles. The van der Waals surface area contributed by atoms with Crippen molar-refractivity contribution < 1.29 is 4.42 Å². The van der Waals surface area contributed by atoms with Crippen molar-refractivity contribution in [2.75, 3.05) is 0 Å². The molecule has 5 aromatic rings. The lowest BCUT2D eigenvalue weighted by Crippen LogP contribution is -1.81. The van der Waals surface area contributed by atoms with Crippen LogP contribution in [0.1, 0.15) is 19.4 Å². The van der Waals surface area contributed by atoms with Gasteiger partial charge in [-0.05, 0) is 47.4 Å². The molecule has 1 aromatic heterocycles. The Labute approximate surface area is 166 Å². The van der Waals surface area contributed by atoms with Crippen LogP contribution in [0.4, 0.5) is 0 Å². The van der Waals surface area contributed by atoms with Crippen LogP contribution >= 0.6 is 0 Å². The molecule has 0 aliphatic carbocycles. The van der Waals surface area contributed by atoms with E-state index in [1.54, 1.807) is 0 Å². The summed E-state index contributed by atoms with van der Waals surface area (Å²) in [6.07, 6.45) is 0. The maximum Gasteiger partial charge on any atom is 0.135 e. The van der Waals surface area contributed by atoms with Gasteiger partial charge in [-0.25, -0.2) is 0 Å². The molecule has 0 spiro atoms. The number of hydrogen-bond donors (Lipinski definition) is 0. The van der Waals surface area contributed by atoms with E-state index in [2.05, 4.69) is 85.8 Å². The summed E-state index contributed by atoms with van der Waals surface area (Å²) in [4.78, 5) is 0. The molecule has 0 saturated carbocycles. The van der Waals surface area contributed by atoms with E-state index in [4.69, 9.17) is 4.42 Å². The summed E-state index contributed by atoms with van der Waals surface area (Å²) in [5, 5.41) is 2.33. The number of fused-ring (bicyclic) bond motifs is 3. The quantitative estimate of drug-likeness (QED) is 0.307. The molecule has 0 atom stereocenters. The van der Waals surface area contributed by atoms with E-state index in [9.17, 15) is 0 Å². The van der Waals surface area contributed by atoms with Crippen LogP contribution in [0, 0.1) is 6.92 Å². The summed E-state index contributed by atoms with van der Waals surface area (Å²) in [5.41, 5.74) is 8.07. The van der Waals surface area contributed by atoms with Crippen molar-refractivity contribution >= 4 is 21.9 Å². The Morgan fingerprint density at radius 2 is 1.00 bits per heavy atom. The second-order valence-electron chi connectivity index (χ2n) is 6.75. The first-order valence-electron chi connectivity index (χ1n) is 9.87. The molecular formula is C27H24O. The van der Waals surface area contributed by atoms with E-state index >= 15 is 0 Å². The summed E-state index contributed by atoms with van der Waals surface area (Å²) in [6.45, 7) is 6.11. The molecular weight excluding hydrogens is 340 g/mol. The van der Waals surface area contributed by atoms with Gasteiger partial charge in [0.15, 0.2) is 0 Å². The fraction of sp³-hybridized carbons (Fsp3) is 0.111. The van der Waals surface area contributed by atoms with Crippen LogP contribution < -0.4 is 0 Å². The van der Waals surface area contributed by atoms with Gasteiger partial charge < -0.3 is 4.42 Å². The largest absolute Gasteiger partial charge is 0.456 e. The van der Waals surface area contributed by atoms with E-state index in [1.807, 2.05) is 26.0 Å². The van der Waals surface area contributed by atoms with Crippen LogP contribution in [0.5, 0.6) is 0 Å². The molecule has 0 N–H and O–H groups in total. The average molecular weight is 364 g/mol. The summed E-state index contributed by atoms with van der Waals surface area (Å²) in [6, 6.07) is 32.1. The van der Waals surface area contributed by atoms with Gasteiger partial charge in [-0.1, -0.05) is 92.2 Å². The molecule has 5 rings (SSSR count). The first-order valence-corrected chi connectivity index (χ1v) is 9.87. The van der Waals surface area contributed by atoms with Crippen molar-refractivity contribution in [3.63, 3.8) is 0 Å². The number of furan rings is 1. The van der Waals surface area contributed by atoms with E-state index in [-0.39, 0.29) is 0 Å². The predicted molar refractivity (Wildman–Crippen MR) is 121 cm³/mol. The van der Waals surface area contributed by atoms with Gasteiger partial charge in [0.25, 0.3) is 0 Å². The molecule has 1 heteroatoms. The monoisotopic (exact) mass is 364 g/mol. The minimum absolute atomic E-state index is 0.936. The van der Waals surface area contributed by atoms with Gasteiger partial charge in [-0.3, -0.25) is 0 Å². The molecule has 0 bridgehead atoms. The Bertz CT molecular complexity index is 1210. The molecule has 1 nitrogen and oxygen atoms in total. The molecule has 0 aliphatic heterocycles. The fourth-order valence-electron chi connectivity index (χ4n) is 3.51. The van der Waals surface area contributed by atoms with E-state index in [0.29, 0.717) is 0 Å². The van der Waals surface area contributed by atoms with Crippen LogP contribution in [-0.2, 0) is 0 Å². The van der Waals surface area contributed by atoms with Crippen molar-refractivity contribution in [3.05, 3.63) is 96.6 Å². The van der Waals surface area contributed by atoms with Crippen LogP contribution in [0.15, 0.2) is 95.4 Å². The predicted octanol–water partition coefficient (Wildman–Crippen LogP) is 8.25. The normalized spacial score (nSPS) is 10.7. The van der Waals surface area contributed by atoms with Crippen LogP contribution in [-0.4, -0.2) is 0 Å². The Morgan fingerprint density at radius 1 is 0.500 bits per heavy atom. The Hall–Kier alpha value is -3.32. The highest BCUT2D eigenvalue weighted by molar-refractivity contribution is 6.06. The van der Waals surface area contributed by atoms with Crippen molar-refractivity contribution in [2.45, 2.75) is 20.8 Å². The van der Waals surface area contributed by atoms with Crippen molar-refractivity contribution in [2.24, 2.45) is 0 Å². The Kier molecular flexibility index (Phi) is 4.99. The first-order chi connectivity index (χ1) is 13.8. The van der Waals surface area contributed by atoms with Gasteiger partial charge in [-0.2, -0.15) is 0 Å². The molecule has 4 aromatic carbocycles. The molecule has 0 fully saturated rings. The van der Waals surface area contributed by atoms with Crippen LogP contribution in [0.25, 0.3) is 44.2 Å². The third kappa shape index (κ3) is 3.32. The number of hydrogen-bond acceptors (Lipinski definition) is 1. The van der Waals surface area contributed by atoms with Crippen molar-refractivity contribution in [3.8, 4) is 22.3 Å². The molecule has 0 amide bonds. The highest BCUT2D eigenvalue weighted by Gasteiger charge is 2.08. The van der Waals surface area contributed by atoms with Crippen molar-refractivity contribution in [1.82, 2.24) is 0 Å². The zero-order chi connectivity index (χ0) is 19.5. The summed E-state index contributed by atoms with van der Waals surface area (Å²) >= 11 is 0. The number of benzene rings is 4. The average Bonchev–Trinajstić information content (AvgIpc) is 3.14. The standard InChI is InChI=1S/C25H18O.C2H6/c1-17-6-8-18(9-7-17)19-10-12-20(13-11-19)21-14-15-25-23(16-21)22-4-2-3-5-24(22)26-25;1-2/h2-16H,1H3;1-2H3. The summed E-state index contributed by atoms with van der Waals surface area (Å²) in [5.74, 6) is 0. The van der Waals surface area contributed by atoms with Crippen LogP contribution in [0.2, 0.25) is 0 Å². The van der Waals surface area contributed by atoms with Gasteiger partial charge >= 0.3 is 0 Å². The molecule has 28 heavy (non-hydrogen) atoms. The van der Waals surface area contributed by atoms with Gasteiger partial charge in [0.05, 0.1) is 0 Å². The lowest BCUT2D eigenvalue weighted by atomic mass is 9.99. The lowest BCUT2D eigenvalue weighted by Gasteiger charge is -2.06. The van der Waals surface area contributed by atoms with Gasteiger partial charge in [0.2, 0.25) is 0 Å². The lowest BCUT2D eigenvalue weighted by molar-refractivity contribution is 0.669. The molecule has 0 unspecified atom stereocenters. The van der Waals surface area contributed by atoms with Gasteiger partial charge in [0.1, 0.15) is 11.2 Å². The second-order valence-corrected chi connectivity index (χ2v) is 6.75. The molecule has 138 valence electrons. The second kappa shape index (κ2) is 7.74.